The van der Waals surface area contributed by atoms with Crippen LogP contribution in [0.4, 0.5) is 11.8 Å². The van der Waals surface area contributed by atoms with E-state index in [0.717, 1.165) is 31.9 Å². The summed E-state index contributed by atoms with van der Waals surface area (Å²) in [5.41, 5.74) is 0. The molecule has 102 valence electrons. The monoisotopic (exact) mass is 252 g/mol. The molecule has 2 N–H and O–H groups in total. The van der Waals surface area contributed by atoms with Gasteiger partial charge in [-0.05, 0) is 26.4 Å². The number of anilines is 2. The number of hydrogen-bond acceptors (Lipinski definition) is 6. The molecule has 0 saturated carbocycles. The van der Waals surface area contributed by atoms with Gasteiger partial charge in [-0.15, -0.1) is 5.10 Å². The smallest absolute Gasteiger partial charge is 0.244 e. The maximum atomic E-state index is 4.35. The Hall–Kier alpha value is -1.43. The highest BCUT2D eigenvalue weighted by Gasteiger charge is 2.00. The molecular weight excluding hydrogens is 228 g/mol. The molecule has 0 unspecified atom stereocenters. The SMILES string of the molecule is CC(C)CCNc1nncc(NCCN(C)C)n1. The van der Waals surface area contributed by atoms with Crippen LogP contribution in [-0.4, -0.2) is 53.8 Å². The minimum atomic E-state index is 0.588. The second kappa shape index (κ2) is 7.81. The molecule has 0 saturated heterocycles. The van der Waals surface area contributed by atoms with E-state index in [9.17, 15) is 0 Å². The van der Waals surface area contributed by atoms with E-state index in [2.05, 4.69) is 44.6 Å². The second-order valence-electron chi connectivity index (χ2n) is 5.00. The summed E-state index contributed by atoms with van der Waals surface area (Å²) in [7, 11) is 4.08. The molecule has 0 aliphatic heterocycles. The van der Waals surface area contributed by atoms with E-state index in [1.165, 1.54) is 0 Å². The van der Waals surface area contributed by atoms with E-state index < -0.39 is 0 Å². The van der Waals surface area contributed by atoms with Crippen LogP contribution in [0.5, 0.6) is 0 Å². The number of likely N-dealkylation sites (N-methyl/N-ethyl adjacent to an activating group) is 1. The maximum Gasteiger partial charge on any atom is 0.244 e. The molecule has 0 spiro atoms. The molecule has 0 fully saturated rings. The summed E-state index contributed by atoms with van der Waals surface area (Å²) in [6.07, 6.45) is 2.74. The van der Waals surface area contributed by atoms with Crippen LogP contribution in [0.3, 0.4) is 0 Å². The van der Waals surface area contributed by atoms with Crippen molar-refractivity contribution >= 4 is 11.8 Å². The molecule has 6 nitrogen and oxygen atoms in total. The molecular formula is C12H24N6. The van der Waals surface area contributed by atoms with Crippen molar-refractivity contribution in [2.75, 3.05) is 44.4 Å². The fourth-order valence-corrected chi connectivity index (χ4v) is 1.34. The van der Waals surface area contributed by atoms with Crippen molar-refractivity contribution in [2.45, 2.75) is 20.3 Å². The van der Waals surface area contributed by atoms with E-state index in [-0.39, 0.29) is 0 Å². The summed E-state index contributed by atoms with van der Waals surface area (Å²) in [6.45, 7) is 7.07. The van der Waals surface area contributed by atoms with Crippen molar-refractivity contribution in [1.82, 2.24) is 20.1 Å². The standard InChI is InChI=1S/C12H24N6/c1-10(2)5-6-14-12-16-11(9-15-17-12)13-7-8-18(3)4/h9-10H,5-8H2,1-4H3,(H2,13,14,16,17). The van der Waals surface area contributed by atoms with Crippen LogP contribution >= 0.6 is 0 Å². The maximum absolute atomic E-state index is 4.35. The number of hydrogen-bond donors (Lipinski definition) is 2. The molecule has 0 aliphatic rings. The average Bonchev–Trinajstić information content (AvgIpc) is 2.28. The van der Waals surface area contributed by atoms with Gasteiger partial charge in [0, 0.05) is 19.6 Å². The zero-order valence-electron chi connectivity index (χ0n) is 11.8. The van der Waals surface area contributed by atoms with Gasteiger partial charge in [-0.3, -0.25) is 0 Å². The molecule has 1 heterocycles. The average molecular weight is 252 g/mol. The van der Waals surface area contributed by atoms with Gasteiger partial charge in [-0.1, -0.05) is 13.8 Å². The first-order chi connectivity index (χ1) is 8.58. The van der Waals surface area contributed by atoms with E-state index in [1.54, 1.807) is 6.20 Å². The fourth-order valence-electron chi connectivity index (χ4n) is 1.34. The molecule has 18 heavy (non-hydrogen) atoms. The Morgan fingerprint density at radius 1 is 1.22 bits per heavy atom. The van der Waals surface area contributed by atoms with Crippen molar-refractivity contribution in [3.8, 4) is 0 Å². The Balaban J connectivity index is 2.36. The highest BCUT2D eigenvalue weighted by atomic mass is 15.3. The van der Waals surface area contributed by atoms with Crippen LogP contribution in [0.15, 0.2) is 6.20 Å². The van der Waals surface area contributed by atoms with Crippen molar-refractivity contribution in [2.24, 2.45) is 5.92 Å². The molecule has 1 rings (SSSR count). The fraction of sp³-hybridized carbons (Fsp3) is 0.750. The lowest BCUT2D eigenvalue weighted by Crippen LogP contribution is -2.21. The molecule has 6 heteroatoms. The van der Waals surface area contributed by atoms with Crippen LogP contribution in [0.1, 0.15) is 20.3 Å². The molecule has 1 aromatic heterocycles. The Bertz CT molecular complexity index is 310. The lowest BCUT2D eigenvalue weighted by Gasteiger charge is -2.11. The zero-order valence-corrected chi connectivity index (χ0v) is 11.8. The van der Waals surface area contributed by atoms with Gasteiger partial charge in [0.1, 0.15) is 0 Å². The minimum Gasteiger partial charge on any atom is -0.367 e. The molecule has 0 amide bonds. The molecule has 0 aromatic carbocycles. The normalized spacial score (nSPS) is 11.0. The second-order valence-corrected chi connectivity index (χ2v) is 5.00. The summed E-state index contributed by atoms with van der Waals surface area (Å²) in [5.74, 6) is 2.02. The number of rotatable bonds is 8. The van der Waals surface area contributed by atoms with Crippen molar-refractivity contribution in [3.63, 3.8) is 0 Å². The number of nitrogens with zero attached hydrogens (tertiary/aromatic N) is 4. The minimum absolute atomic E-state index is 0.588. The number of aromatic nitrogens is 3. The summed E-state index contributed by atoms with van der Waals surface area (Å²) in [5, 5.41) is 14.3. The summed E-state index contributed by atoms with van der Waals surface area (Å²) < 4.78 is 0. The lowest BCUT2D eigenvalue weighted by molar-refractivity contribution is 0.425. The predicted molar refractivity (Wildman–Crippen MR) is 74.8 cm³/mol. The molecule has 0 aliphatic carbocycles. The Labute approximate surface area is 109 Å². The molecule has 0 atom stereocenters. The molecule has 0 bridgehead atoms. The largest absolute Gasteiger partial charge is 0.367 e. The van der Waals surface area contributed by atoms with Crippen LogP contribution in [0.2, 0.25) is 0 Å². The highest BCUT2D eigenvalue weighted by molar-refractivity contribution is 5.36. The zero-order chi connectivity index (χ0) is 13.4. The van der Waals surface area contributed by atoms with Gasteiger partial charge in [0.15, 0.2) is 5.82 Å². The Morgan fingerprint density at radius 3 is 2.67 bits per heavy atom. The van der Waals surface area contributed by atoms with Crippen molar-refractivity contribution < 1.29 is 0 Å². The summed E-state index contributed by atoms with van der Waals surface area (Å²) in [6, 6.07) is 0. The van der Waals surface area contributed by atoms with Gasteiger partial charge in [-0.2, -0.15) is 10.1 Å². The highest BCUT2D eigenvalue weighted by Crippen LogP contribution is 2.04. The number of nitrogens with one attached hydrogen (secondary N) is 2. The molecule has 1 aromatic rings. The van der Waals surface area contributed by atoms with E-state index >= 15 is 0 Å². The third-order valence-corrected chi connectivity index (χ3v) is 2.43. The lowest BCUT2D eigenvalue weighted by atomic mass is 10.1. The van der Waals surface area contributed by atoms with Crippen molar-refractivity contribution in [1.29, 1.82) is 0 Å². The third-order valence-electron chi connectivity index (χ3n) is 2.43. The van der Waals surface area contributed by atoms with Gasteiger partial charge in [-0.25, -0.2) is 0 Å². The van der Waals surface area contributed by atoms with Crippen LogP contribution in [0, 0.1) is 5.92 Å². The van der Waals surface area contributed by atoms with Gasteiger partial charge < -0.3 is 15.5 Å². The van der Waals surface area contributed by atoms with Gasteiger partial charge in [0.05, 0.1) is 6.20 Å². The Morgan fingerprint density at radius 2 is 2.00 bits per heavy atom. The molecule has 0 radical (unpaired) electrons. The van der Waals surface area contributed by atoms with E-state index in [0.29, 0.717) is 11.9 Å². The topological polar surface area (TPSA) is 66.0 Å². The van der Waals surface area contributed by atoms with Crippen molar-refractivity contribution in [3.05, 3.63) is 6.20 Å². The van der Waals surface area contributed by atoms with E-state index in [4.69, 9.17) is 0 Å². The predicted octanol–water partition coefficient (Wildman–Crippen LogP) is 1.30. The van der Waals surface area contributed by atoms with Crippen LogP contribution in [-0.2, 0) is 0 Å². The van der Waals surface area contributed by atoms with Crippen LogP contribution in [0.25, 0.3) is 0 Å². The third kappa shape index (κ3) is 6.34. The quantitative estimate of drug-likeness (QED) is 0.727. The van der Waals surface area contributed by atoms with E-state index in [1.807, 2.05) is 14.1 Å². The first kappa shape index (κ1) is 14.6. The Kier molecular flexibility index (Phi) is 6.35. The summed E-state index contributed by atoms with van der Waals surface area (Å²) in [4.78, 5) is 6.47. The van der Waals surface area contributed by atoms with Gasteiger partial charge >= 0.3 is 0 Å². The first-order valence-electron chi connectivity index (χ1n) is 6.40. The van der Waals surface area contributed by atoms with Gasteiger partial charge in [0.25, 0.3) is 0 Å². The van der Waals surface area contributed by atoms with Crippen LogP contribution < -0.4 is 10.6 Å². The summed E-state index contributed by atoms with van der Waals surface area (Å²) >= 11 is 0. The van der Waals surface area contributed by atoms with Gasteiger partial charge in [0.2, 0.25) is 5.95 Å². The first-order valence-corrected chi connectivity index (χ1v) is 6.40.